The van der Waals surface area contributed by atoms with Gasteiger partial charge in [0.1, 0.15) is 36.1 Å². The van der Waals surface area contributed by atoms with Gasteiger partial charge in [-0.1, -0.05) is 12.1 Å². The maximum atomic E-state index is 13.0. The smallest absolute Gasteiger partial charge is 0.134 e. The first-order valence-corrected chi connectivity index (χ1v) is 10.2. The van der Waals surface area contributed by atoms with Gasteiger partial charge in [-0.25, -0.2) is 4.39 Å². The Morgan fingerprint density at radius 1 is 1.07 bits per heavy atom. The van der Waals surface area contributed by atoms with Crippen LogP contribution in [-0.4, -0.2) is 80.7 Å². The van der Waals surface area contributed by atoms with Crippen molar-refractivity contribution in [2.75, 3.05) is 60.2 Å². The molecule has 1 fully saturated rings. The van der Waals surface area contributed by atoms with Crippen molar-refractivity contribution in [3.63, 3.8) is 0 Å². The molecule has 7 heteroatoms. The molecule has 0 spiro atoms. The molecule has 0 radical (unpaired) electrons. The van der Waals surface area contributed by atoms with E-state index in [-0.39, 0.29) is 19.0 Å². The average Bonchev–Trinajstić information content (AvgIpc) is 2.90. The summed E-state index contributed by atoms with van der Waals surface area (Å²) in [5.41, 5.74) is -0.00112. The van der Waals surface area contributed by atoms with E-state index in [1.54, 1.807) is 12.1 Å². The third kappa shape index (κ3) is 7.25. The average molecular weight is 419 g/mol. The third-order valence-corrected chi connectivity index (χ3v) is 4.90. The maximum Gasteiger partial charge on any atom is 0.134 e. The number of hydrogen-bond donors (Lipinski definition) is 1. The largest absolute Gasteiger partial charge is 0.492 e. The standard InChI is InChI=1S/C23H31FN2O4/c1-25(2)11-14-29-21-7-3-19(4-8-21)15-26-12-13-28-17-23(27,16-26)18-30-22-9-5-20(24)6-10-22/h3-10,27H,11-18H2,1-2H3/t23-/m0/s1. The fourth-order valence-electron chi connectivity index (χ4n) is 3.26. The summed E-state index contributed by atoms with van der Waals surface area (Å²) < 4.78 is 30.1. The second kappa shape index (κ2) is 10.7. The van der Waals surface area contributed by atoms with E-state index < -0.39 is 5.60 Å². The first-order valence-electron chi connectivity index (χ1n) is 10.2. The van der Waals surface area contributed by atoms with Gasteiger partial charge in [-0.3, -0.25) is 4.90 Å². The first-order chi connectivity index (χ1) is 14.4. The van der Waals surface area contributed by atoms with E-state index in [0.29, 0.717) is 32.1 Å². The zero-order valence-corrected chi connectivity index (χ0v) is 17.7. The fraction of sp³-hybridized carbons (Fsp3) is 0.478. The molecule has 3 rings (SSSR count). The van der Waals surface area contributed by atoms with Crippen LogP contribution < -0.4 is 9.47 Å². The van der Waals surface area contributed by atoms with Gasteiger partial charge < -0.3 is 24.2 Å². The second-order valence-electron chi connectivity index (χ2n) is 8.03. The van der Waals surface area contributed by atoms with E-state index in [4.69, 9.17) is 14.2 Å². The summed E-state index contributed by atoms with van der Waals surface area (Å²) in [5, 5.41) is 11.0. The number of nitrogens with zero attached hydrogens (tertiary/aromatic N) is 2. The highest BCUT2D eigenvalue weighted by Crippen LogP contribution is 2.20. The molecular formula is C23H31FN2O4. The lowest BCUT2D eigenvalue weighted by Crippen LogP contribution is -2.48. The van der Waals surface area contributed by atoms with Gasteiger partial charge in [0.15, 0.2) is 0 Å². The molecule has 0 saturated carbocycles. The van der Waals surface area contributed by atoms with Gasteiger partial charge in [0.2, 0.25) is 0 Å². The van der Waals surface area contributed by atoms with Crippen LogP contribution in [0.15, 0.2) is 48.5 Å². The van der Waals surface area contributed by atoms with Crippen LogP contribution >= 0.6 is 0 Å². The fourth-order valence-corrected chi connectivity index (χ4v) is 3.26. The van der Waals surface area contributed by atoms with Crippen molar-refractivity contribution in [2.24, 2.45) is 0 Å². The highest BCUT2D eigenvalue weighted by molar-refractivity contribution is 5.27. The summed E-state index contributed by atoms with van der Waals surface area (Å²) in [4.78, 5) is 4.24. The van der Waals surface area contributed by atoms with Gasteiger partial charge >= 0.3 is 0 Å². The van der Waals surface area contributed by atoms with Crippen molar-refractivity contribution in [1.82, 2.24) is 9.80 Å². The van der Waals surface area contributed by atoms with Crippen molar-refractivity contribution in [3.8, 4) is 11.5 Å². The van der Waals surface area contributed by atoms with Gasteiger partial charge in [0.25, 0.3) is 0 Å². The van der Waals surface area contributed by atoms with E-state index in [9.17, 15) is 9.50 Å². The number of hydrogen-bond acceptors (Lipinski definition) is 6. The van der Waals surface area contributed by atoms with E-state index in [2.05, 4.69) is 9.80 Å². The Bertz CT molecular complexity index is 770. The van der Waals surface area contributed by atoms with E-state index in [0.717, 1.165) is 24.4 Å². The normalized spacial score (nSPS) is 20.2. The zero-order chi connectivity index (χ0) is 21.4. The van der Waals surface area contributed by atoms with E-state index >= 15 is 0 Å². The minimum Gasteiger partial charge on any atom is -0.492 e. The van der Waals surface area contributed by atoms with Crippen LogP contribution in [-0.2, 0) is 11.3 Å². The molecule has 1 heterocycles. The molecule has 1 saturated heterocycles. The topological polar surface area (TPSA) is 54.4 Å². The monoisotopic (exact) mass is 418 g/mol. The Morgan fingerprint density at radius 2 is 1.73 bits per heavy atom. The molecule has 1 N–H and O–H groups in total. The number of rotatable bonds is 9. The van der Waals surface area contributed by atoms with Crippen LogP contribution in [0.3, 0.4) is 0 Å². The Balaban J connectivity index is 1.53. The zero-order valence-electron chi connectivity index (χ0n) is 17.7. The summed E-state index contributed by atoms with van der Waals surface area (Å²) in [6.07, 6.45) is 0. The molecular weight excluding hydrogens is 387 g/mol. The molecule has 30 heavy (non-hydrogen) atoms. The van der Waals surface area contributed by atoms with Crippen LogP contribution in [0.4, 0.5) is 4.39 Å². The molecule has 6 nitrogen and oxygen atoms in total. The molecule has 0 unspecified atom stereocenters. The molecule has 0 aromatic heterocycles. The molecule has 1 aliphatic rings. The van der Waals surface area contributed by atoms with Gasteiger partial charge in [-0.2, -0.15) is 0 Å². The van der Waals surface area contributed by atoms with Crippen LogP contribution in [0, 0.1) is 5.82 Å². The van der Waals surface area contributed by atoms with Crippen molar-refractivity contribution in [3.05, 3.63) is 59.9 Å². The number of halogens is 1. The summed E-state index contributed by atoms with van der Waals surface area (Å²) in [6.45, 7) is 4.18. The molecule has 0 aliphatic carbocycles. The van der Waals surface area contributed by atoms with Crippen molar-refractivity contribution in [2.45, 2.75) is 12.1 Å². The van der Waals surface area contributed by atoms with Crippen molar-refractivity contribution < 1.29 is 23.7 Å². The quantitative estimate of drug-likeness (QED) is 0.675. The minimum absolute atomic E-state index is 0.0772. The Labute approximate surface area is 177 Å². The van der Waals surface area contributed by atoms with Crippen molar-refractivity contribution in [1.29, 1.82) is 0 Å². The summed E-state index contributed by atoms with van der Waals surface area (Å²) >= 11 is 0. The number of benzene rings is 2. The molecule has 0 bridgehead atoms. The number of β-amino-alcohol motifs (C(OH)–C–C–N with tert-alkyl or cyclic N) is 1. The van der Waals surface area contributed by atoms with Gasteiger partial charge in [0.05, 0.1) is 13.2 Å². The lowest BCUT2D eigenvalue weighted by Gasteiger charge is -2.30. The van der Waals surface area contributed by atoms with Gasteiger partial charge in [0, 0.05) is 26.2 Å². The number of ether oxygens (including phenoxy) is 3. The minimum atomic E-state index is -1.14. The lowest BCUT2D eigenvalue weighted by molar-refractivity contribution is -0.0646. The molecule has 0 amide bonds. The molecule has 164 valence electrons. The Morgan fingerprint density at radius 3 is 2.43 bits per heavy atom. The molecule has 2 aromatic rings. The number of aliphatic hydroxyl groups is 1. The summed E-state index contributed by atoms with van der Waals surface area (Å²) in [5.74, 6) is 1.05. The van der Waals surface area contributed by atoms with E-state index in [1.807, 2.05) is 38.4 Å². The SMILES string of the molecule is CN(C)CCOc1ccc(CN2CCOC[C@](O)(COc3ccc(F)cc3)C2)cc1. The summed E-state index contributed by atoms with van der Waals surface area (Å²) in [6, 6.07) is 13.8. The predicted octanol–water partition coefficient (Wildman–Crippen LogP) is 2.41. The van der Waals surface area contributed by atoms with Crippen LogP contribution in [0.25, 0.3) is 0 Å². The molecule has 1 aliphatic heterocycles. The molecule has 1 atom stereocenters. The third-order valence-electron chi connectivity index (χ3n) is 4.90. The highest BCUT2D eigenvalue weighted by atomic mass is 19.1. The second-order valence-corrected chi connectivity index (χ2v) is 8.03. The lowest BCUT2D eigenvalue weighted by atomic mass is 10.1. The van der Waals surface area contributed by atoms with Crippen LogP contribution in [0.2, 0.25) is 0 Å². The number of likely N-dealkylation sites (N-methyl/N-ethyl adjacent to an activating group) is 1. The maximum absolute atomic E-state index is 13.0. The Kier molecular flexibility index (Phi) is 8.04. The van der Waals surface area contributed by atoms with E-state index in [1.165, 1.54) is 12.1 Å². The Hall–Kier alpha value is -2.19. The predicted molar refractivity (Wildman–Crippen MR) is 113 cm³/mol. The highest BCUT2D eigenvalue weighted by Gasteiger charge is 2.33. The van der Waals surface area contributed by atoms with Gasteiger partial charge in [-0.15, -0.1) is 0 Å². The van der Waals surface area contributed by atoms with Crippen molar-refractivity contribution >= 4 is 0 Å². The van der Waals surface area contributed by atoms with Crippen LogP contribution in [0.5, 0.6) is 11.5 Å². The van der Waals surface area contributed by atoms with Crippen LogP contribution in [0.1, 0.15) is 5.56 Å². The first kappa shape index (κ1) is 22.5. The molecule has 2 aromatic carbocycles. The summed E-state index contributed by atoms with van der Waals surface area (Å²) in [7, 11) is 4.03. The van der Waals surface area contributed by atoms with Gasteiger partial charge in [-0.05, 0) is 56.1 Å².